The molecule has 160 valence electrons. The summed E-state index contributed by atoms with van der Waals surface area (Å²) in [6.07, 6.45) is 0.859. The molecule has 3 atom stereocenters. The van der Waals surface area contributed by atoms with E-state index in [-0.39, 0.29) is 17.6 Å². The summed E-state index contributed by atoms with van der Waals surface area (Å²) in [6, 6.07) is 21.4. The summed E-state index contributed by atoms with van der Waals surface area (Å²) in [6.45, 7) is 2.08. The van der Waals surface area contributed by atoms with Gasteiger partial charge in [0.25, 0.3) is 5.91 Å². The van der Waals surface area contributed by atoms with Crippen molar-refractivity contribution in [3.05, 3.63) is 89.1 Å². The van der Waals surface area contributed by atoms with E-state index in [9.17, 15) is 10.0 Å². The van der Waals surface area contributed by atoms with Gasteiger partial charge in [-0.2, -0.15) is 5.23 Å². The molecule has 0 aromatic heterocycles. The second kappa shape index (κ2) is 8.77. The summed E-state index contributed by atoms with van der Waals surface area (Å²) >= 11 is 0. The number of anilines is 2. The molecule has 7 heteroatoms. The average Bonchev–Trinajstić information content (AvgIpc) is 2.81. The van der Waals surface area contributed by atoms with Crippen LogP contribution in [0.3, 0.4) is 0 Å². The first-order valence-electron chi connectivity index (χ1n) is 10.2. The van der Waals surface area contributed by atoms with Crippen LogP contribution in [0.1, 0.15) is 24.1 Å². The van der Waals surface area contributed by atoms with Gasteiger partial charge in [-0.15, -0.1) is 0 Å². The summed E-state index contributed by atoms with van der Waals surface area (Å²) in [5.74, 6) is 0.683. The van der Waals surface area contributed by atoms with Gasteiger partial charge in [-0.25, -0.2) is 5.21 Å². The predicted molar refractivity (Wildman–Crippen MR) is 119 cm³/mol. The monoisotopic (exact) mass is 419 g/mol. The van der Waals surface area contributed by atoms with Crippen LogP contribution in [0.5, 0.6) is 5.75 Å². The molecule has 1 amide bonds. The van der Waals surface area contributed by atoms with Crippen molar-refractivity contribution >= 4 is 23.0 Å². The van der Waals surface area contributed by atoms with E-state index < -0.39 is 11.3 Å². The van der Waals surface area contributed by atoms with E-state index in [1.165, 1.54) is 12.1 Å². The number of para-hydroxylation sites is 1. The van der Waals surface area contributed by atoms with Crippen molar-refractivity contribution in [1.82, 2.24) is 0 Å². The Balaban J connectivity index is 1.68. The van der Waals surface area contributed by atoms with E-state index in [1.807, 2.05) is 42.5 Å². The minimum absolute atomic E-state index is 0.0604. The molecule has 1 saturated heterocycles. The van der Waals surface area contributed by atoms with Gasteiger partial charge in [-0.1, -0.05) is 37.3 Å². The molecule has 0 radical (unpaired) electrons. The number of nitrogens with zero attached hydrogens (tertiary/aromatic N) is 1. The predicted octanol–water partition coefficient (Wildman–Crippen LogP) is 3.23. The largest absolute Gasteiger partial charge is 0.595 e. The Morgan fingerprint density at radius 1 is 1.06 bits per heavy atom. The first-order chi connectivity index (χ1) is 15.0. The number of aryl methyl sites for hydroxylation is 1. The third-order valence-electron chi connectivity index (χ3n) is 5.66. The zero-order valence-electron chi connectivity index (χ0n) is 17.4. The first kappa shape index (κ1) is 20.9. The summed E-state index contributed by atoms with van der Waals surface area (Å²) in [4.78, 5) is 14.9. The fourth-order valence-electron chi connectivity index (χ4n) is 3.96. The van der Waals surface area contributed by atoms with Crippen molar-refractivity contribution in [3.63, 3.8) is 0 Å². The molecule has 0 saturated carbocycles. The maximum atomic E-state index is 13.2. The zero-order chi connectivity index (χ0) is 22.0. The van der Waals surface area contributed by atoms with Crippen molar-refractivity contribution in [2.24, 2.45) is 0 Å². The number of rotatable bonds is 7. The molecule has 0 bridgehead atoms. The number of carbonyl (C=O) groups is 1. The Labute approximate surface area is 181 Å². The van der Waals surface area contributed by atoms with E-state index >= 15 is 0 Å². The zero-order valence-corrected chi connectivity index (χ0v) is 17.4. The van der Waals surface area contributed by atoms with Crippen LogP contribution in [0.2, 0.25) is 0 Å². The molecule has 1 aliphatic heterocycles. The van der Waals surface area contributed by atoms with Crippen LogP contribution < -0.4 is 20.2 Å². The van der Waals surface area contributed by atoms with Gasteiger partial charge in [-0.3, -0.25) is 4.79 Å². The highest BCUT2D eigenvalue weighted by atomic mass is 16.8. The number of methoxy groups -OCH3 is 1. The van der Waals surface area contributed by atoms with Crippen LogP contribution in [0.15, 0.2) is 72.8 Å². The Bertz CT molecular complexity index is 1050. The number of nitrogens with one attached hydrogen (secondary N) is 2. The Morgan fingerprint density at radius 3 is 2.35 bits per heavy atom. The number of quaternary nitrogens is 1. The maximum Gasteiger partial charge on any atom is 0.252 e. The molecule has 1 heterocycles. The van der Waals surface area contributed by atoms with Crippen molar-refractivity contribution in [1.29, 1.82) is 0 Å². The van der Waals surface area contributed by atoms with Crippen LogP contribution in [0, 0.1) is 5.21 Å². The minimum Gasteiger partial charge on any atom is -0.595 e. The molecule has 3 N–H and O–H groups in total. The summed E-state index contributed by atoms with van der Waals surface area (Å²) in [5.41, 5.74) is 3.91. The highest BCUT2D eigenvalue weighted by Gasteiger charge is 2.49. The molecule has 0 aliphatic carbocycles. The van der Waals surface area contributed by atoms with E-state index in [0.717, 1.165) is 29.0 Å². The molecule has 1 fully saturated rings. The molecule has 0 spiro atoms. The molecular formula is C24H25N3O4. The second-order valence-electron chi connectivity index (χ2n) is 7.41. The number of carbonyl (C=O) groups excluding carboxylic acids is 1. The fraction of sp³-hybridized carbons (Fsp3) is 0.208. The smallest absolute Gasteiger partial charge is 0.252 e. The average molecular weight is 419 g/mol. The lowest BCUT2D eigenvalue weighted by molar-refractivity contribution is -0.991. The Kier molecular flexibility index (Phi) is 5.90. The van der Waals surface area contributed by atoms with Crippen molar-refractivity contribution in [2.75, 3.05) is 17.3 Å². The number of hydrogen-bond acceptors (Lipinski definition) is 5. The molecular weight excluding hydrogens is 394 g/mol. The third-order valence-corrected chi connectivity index (χ3v) is 5.66. The van der Waals surface area contributed by atoms with Crippen LogP contribution in [-0.4, -0.2) is 24.3 Å². The highest BCUT2D eigenvalue weighted by Crippen LogP contribution is 2.41. The van der Waals surface area contributed by atoms with Gasteiger partial charge >= 0.3 is 0 Å². The second-order valence-corrected chi connectivity index (χ2v) is 7.41. The van der Waals surface area contributed by atoms with E-state index in [2.05, 4.69) is 18.3 Å². The van der Waals surface area contributed by atoms with Crippen LogP contribution in [0.4, 0.5) is 17.1 Å². The number of amides is 1. The number of benzene rings is 3. The summed E-state index contributed by atoms with van der Waals surface area (Å²) in [7, 11) is 1.62. The van der Waals surface area contributed by atoms with Gasteiger partial charge in [0.1, 0.15) is 11.8 Å². The van der Waals surface area contributed by atoms with Crippen LogP contribution >= 0.6 is 0 Å². The van der Waals surface area contributed by atoms with Gasteiger partial charge in [0, 0.05) is 23.5 Å². The summed E-state index contributed by atoms with van der Waals surface area (Å²) in [5, 5.41) is 22.8. The lowest BCUT2D eigenvalue weighted by atomic mass is 9.87. The molecule has 1 aliphatic rings. The quantitative estimate of drug-likeness (QED) is 0.404. The summed E-state index contributed by atoms with van der Waals surface area (Å²) < 4.78 is 5.27. The molecule has 3 aromatic rings. The normalized spacial score (nSPS) is 19.0. The van der Waals surface area contributed by atoms with Gasteiger partial charge in [0.2, 0.25) is 0 Å². The van der Waals surface area contributed by atoms with Crippen molar-refractivity contribution < 1.29 is 20.0 Å². The molecule has 3 aromatic carbocycles. The van der Waals surface area contributed by atoms with Gasteiger partial charge in [0.05, 0.1) is 13.2 Å². The fourth-order valence-corrected chi connectivity index (χ4v) is 3.96. The van der Waals surface area contributed by atoms with E-state index in [1.54, 1.807) is 24.1 Å². The Morgan fingerprint density at radius 2 is 1.74 bits per heavy atom. The SMILES string of the molecule is CCc1ccccc1NC1C(=O)N(c2ccc([NH+]([O-])O)cc2)C1c1ccc(OC)cc1. The van der Waals surface area contributed by atoms with Gasteiger partial charge in [-0.05, 0) is 47.9 Å². The molecule has 3 unspecified atom stereocenters. The number of β-lactam (4-membered cyclic amide) rings is 1. The highest BCUT2D eigenvalue weighted by molar-refractivity contribution is 6.07. The topological polar surface area (TPSA) is 89.3 Å². The maximum absolute atomic E-state index is 13.2. The van der Waals surface area contributed by atoms with Crippen LogP contribution in [0.25, 0.3) is 0 Å². The van der Waals surface area contributed by atoms with E-state index in [4.69, 9.17) is 9.94 Å². The Hall–Kier alpha value is -3.39. The molecule has 31 heavy (non-hydrogen) atoms. The number of hydrogen-bond donors (Lipinski definition) is 3. The van der Waals surface area contributed by atoms with Gasteiger partial charge in [0.15, 0.2) is 5.69 Å². The van der Waals surface area contributed by atoms with Gasteiger partial charge < -0.3 is 20.2 Å². The molecule has 7 nitrogen and oxygen atoms in total. The van der Waals surface area contributed by atoms with Crippen molar-refractivity contribution in [2.45, 2.75) is 25.4 Å². The third kappa shape index (κ3) is 3.98. The molecule has 4 rings (SSSR count). The van der Waals surface area contributed by atoms with Crippen molar-refractivity contribution in [3.8, 4) is 5.75 Å². The lowest BCUT2D eigenvalue weighted by Gasteiger charge is -2.48. The first-order valence-corrected chi connectivity index (χ1v) is 10.2. The standard InChI is InChI=1S/C24H25N3O4/c1-3-16-6-4-5-7-21(16)25-22-23(17-8-14-20(31-2)15-9-17)26(24(22)28)18-10-12-19(13-11-18)27(29)30/h4-15,22-23,25,27,29H,3H2,1-2H3. The lowest BCUT2D eigenvalue weighted by Crippen LogP contribution is -2.99. The van der Waals surface area contributed by atoms with E-state index in [0.29, 0.717) is 5.69 Å². The number of ether oxygens (including phenoxy) is 1. The van der Waals surface area contributed by atoms with Crippen LogP contribution in [-0.2, 0) is 11.2 Å². The minimum atomic E-state index is -0.996.